The van der Waals surface area contributed by atoms with E-state index in [2.05, 4.69) is 10.5 Å². The molecule has 3 aromatic carbocycles. The molecule has 0 aliphatic heterocycles. The van der Waals surface area contributed by atoms with Gasteiger partial charge in [-0.25, -0.2) is 13.8 Å². The molecule has 1 N–H and O–H groups in total. The quantitative estimate of drug-likeness (QED) is 0.200. The third-order valence-electron chi connectivity index (χ3n) is 5.93. The van der Waals surface area contributed by atoms with Crippen LogP contribution in [0.1, 0.15) is 17.0 Å². The molecule has 8 nitrogen and oxygen atoms in total. The predicted molar refractivity (Wildman–Crippen MR) is 155 cm³/mol. The molecule has 11 heteroatoms. The normalized spacial score (nSPS) is 11.5. The number of aryl methyl sites for hydroxylation is 1. The number of amides is 1. The molecule has 0 aliphatic rings. The highest BCUT2D eigenvalue weighted by molar-refractivity contribution is 7.92. The van der Waals surface area contributed by atoms with Crippen molar-refractivity contribution in [3.63, 3.8) is 0 Å². The summed E-state index contributed by atoms with van der Waals surface area (Å²) in [5.74, 6) is -0.167. The molecule has 0 aliphatic carbocycles. The zero-order valence-electron chi connectivity index (χ0n) is 21.4. The first-order valence-corrected chi connectivity index (χ1v) is 14.0. The maximum atomic E-state index is 13.5. The molecule has 1 heterocycles. The van der Waals surface area contributed by atoms with E-state index < -0.39 is 22.5 Å². The highest BCUT2D eigenvalue weighted by atomic mass is 35.5. The Labute approximate surface area is 237 Å². The molecule has 0 unspecified atom stereocenters. The van der Waals surface area contributed by atoms with Crippen LogP contribution in [-0.4, -0.2) is 38.8 Å². The zero-order valence-corrected chi connectivity index (χ0v) is 23.8. The van der Waals surface area contributed by atoms with Crippen LogP contribution in [0.5, 0.6) is 5.75 Å². The number of ether oxygens (including phenoxy) is 1. The molecule has 0 bridgehead atoms. The number of hydrazone groups is 1. The van der Waals surface area contributed by atoms with Crippen LogP contribution in [0.3, 0.4) is 0 Å². The highest BCUT2D eigenvalue weighted by Crippen LogP contribution is 2.28. The van der Waals surface area contributed by atoms with Crippen molar-refractivity contribution in [2.45, 2.75) is 18.7 Å². The van der Waals surface area contributed by atoms with Gasteiger partial charge in [-0.15, -0.1) is 0 Å². The Bertz CT molecular complexity index is 1620. The molecule has 0 saturated carbocycles. The van der Waals surface area contributed by atoms with Gasteiger partial charge in [-0.3, -0.25) is 9.10 Å². The molecular formula is C28H26Cl2N4O4S. The monoisotopic (exact) mass is 584 g/mol. The summed E-state index contributed by atoms with van der Waals surface area (Å²) in [6.07, 6.45) is 1.50. The Hall–Kier alpha value is -3.79. The summed E-state index contributed by atoms with van der Waals surface area (Å²) in [7, 11) is -2.58. The first-order valence-electron chi connectivity index (χ1n) is 11.8. The lowest BCUT2D eigenvalue weighted by molar-refractivity contribution is -0.119. The Morgan fingerprint density at radius 3 is 2.36 bits per heavy atom. The predicted octanol–water partition coefficient (Wildman–Crippen LogP) is 5.76. The van der Waals surface area contributed by atoms with Gasteiger partial charge in [0, 0.05) is 38.8 Å². The number of methoxy groups -OCH3 is 1. The van der Waals surface area contributed by atoms with Crippen molar-refractivity contribution in [2.24, 2.45) is 5.10 Å². The van der Waals surface area contributed by atoms with E-state index in [1.54, 1.807) is 60.7 Å². The molecule has 0 atom stereocenters. The van der Waals surface area contributed by atoms with Gasteiger partial charge in [0.15, 0.2) is 0 Å². The lowest BCUT2D eigenvalue weighted by Gasteiger charge is -2.24. The number of hydrogen-bond acceptors (Lipinski definition) is 5. The molecule has 0 fully saturated rings. The summed E-state index contributed by atoms with van der Waals surface area (Å²) >= 11 is 12.4. The van der Waals surface area contributed by atoms with Gasteiger partial charge in [0.05, 0.1) is 23.9 Å². The molecule has 4 rings (SSSR count). The van der Waals surface area contributed by atoms with Crippen molar-refractivity contribution in [3.05, 3.63) is 106 Å². The fraction of sp³-hybridized carbons (Fsp3) is 0.143. The van der Waals surface area contributed by atoms with Crippen LogP contribution in [0.15, 0.2) is 88.9 Å². The van der Waals surface area contributed by atoms with Crippen molar-refractivity contribution < 1.29 is 17.9 Å². The van der Waals surface area contributed by atoms with Crippen molar-refractivity contribution in [1.29, 1.82) is 0 Å². The van der Waals surface area contributed by atoms with Crippen molar-refractivity contribution in [3.8, 4) is 11.4 Å². The lowest BCUT2D eigenvalue weighted by Crippen LogP contribution is -2.39. The molecule has 1 aromatic heterocycles. The van der Waals surface area contributed by atoms with Gasteiger partial charge in [-0.2, -0.15) is 5.10 Å². The average molecular weight is 586 g/mol. The number of benzene rings is 3. The Morgan fingerprint density at radius 2 is 1.69 bits per heavy atom. The van der Waals surface area contributed by atoms with Crippen LogP contribution in [0.25, 0.3) is 5.69 Å². The minimum absolute atomic E-state index is 0.0534. The standard InChI is InChI=1S/C28H26Cl2N4O4S/c1-19-12-21(20(2)34(19)25-14-22(29)13-23(30)15-25)17-31-32-28(35)18-33(24-8-7-9-26(16-24)38-3)39(36,37)27-10-5-4-6-11-27/h4-17H,18H2,1-3H3,(H,32,35)/b31-17-. The summed E-state index contributed by atoms with van der Waals surface area (Å²) in [5, 5.41) is 5.11. The largest absolute Gasteiger partial charge is 0.497 e. The van der Waals surface area contributed by atoms with Crippen LogP contribution in [-0.2, 0) is 14.8 Å². The summed E-state index contributed by atoms with van der Waals surface area (Å²) in [6.45, 7) is 3.34. The minimum atomic E-state index is -4.06. The molecule has 0 spiro atoms. The second-order valence-electron chi connectivity index (χ2n) is 8.61. The van der Waals surface area contributed by atoms with E-state index in [1.165, 1.54) is 25.5 Å². The fourth-order valence-electron chi connectivity index (χ4n) is 4.12. The second kappa shape index (κ2) is 11.9. The number of nitrogens with zero attached hydrogens (tertiary/aromatic N) is 3. The lowest BCUT2D eigenvalue weighted by atomic mass is 10.2. The SMILES string of the molecule is COc1cccc(N(CC(=O)N/N=C\c2cc(C)n(-c3cc(Cl)cc(Cl)c3)c2C)S(=O)(=O)c2ccccc2)c1. The molecule has 4 aromatic rings. The Kier molecular flexibility index (Phi) is 8.64. The van der Waals surface area contributed by atoms with Crippen LogP contribution in [0.2, 0.25) is 10.0 Å². The maximum Gasteiger partial charge on any atom is 0.264 e. The maximum absolute atomic E-state index is 13.5. The Balaban J connectivity index is 1.57. The van der Waals surface area contributed by atoms with E-state index in [1.807, 2.05) is 24.5 Å². The summed E-state index contributed by atoms with van der Waals surface area (Å²) in [6, 6.07) is 21.6. The van der Waals surface area contributed by atoms with Gasteiger partial charge in [0.2, 0.25) is 0 Å². The fourth-order valence-corrected chi connectivity index (χ4v) is 6.07. The number of sulfonamides is 1. The van der Waals surface area contributed by atoms with Crippen LogP contribution in [0.4, 0.5) is 5.69 Å². The first-order chi connectivity index (χ1) is 18.6. The molecule has 0 radical (unpaired) electrons. The van der Waals surface area contributed by atoms with E-state index in [-0.39, 0.29) is 10.6 Å². The topological polar surface area (TPSA) is 93.0 Å². The van der Waals surface area contributed by atoms with Crippen LogP contribution < -0.4 is 14.5 Å². The van der Waals surface area contributed by atoms with Gasteiger partial charge >= 0.3 is 0 Å². The summed E-state index contributed by atoms with van der Waals surface area (Å²) < 4.78 is 35.2. The summed E-state index contributed by atoms with van der Waals surface area (Å²) in [5.41, 5.74) is 6.04. The zero-order chi connectivity index (χ0) is 28.2. The number of rotatable bonds is 9. The van der Waals surface area contributed by atoms with Gasteiger partial charge in [-0.1, -0.05) is 47.5 Å². The smallest absolute Gasteiger partial charge is 0.264 e. The second-order valence-corrected chi connectivity index (χ2v) is 11.3. The number of carbonyl (C=O) groups excluding carboxylic acids is 1. The number of carbonyl (C=O) groups is 1. The number of halogens is 2. The van der Waals surface area contributed by atoms with Gasteiger partial charge < -0.3 is 9.30 Å². The molecule has 1 amide bonds. The van der Waals surface area contributed by atoms with E-state index >= 15 is 0 Å². The number of aromatic nitrogens is 1. The van der Waals surface area contributed by atoms with Crippen LogP contribution in [0, 0.1) is 13.8 Å². The van der Waals surface area contributed by atoms with E-state index in [0.717, 1.165) is 26.9 Å². The molecule has 202 valence electrons. The van der Waals surface area contributed by atoms with Crippen LogP contribution >= 0.6 is 23.2 Å². The number of hydrogen-bond donors (Lipinski definition) is 1. The molecule has 0 saturated heterocycles. The first kappa shape index (κ1) is 28.2. The molecule has 39 heavy (non-hydrogen) atoms. The van der Waals surface area contributed by atoms with Gasteiger partial charge in [0.1, 0.15) is 12.3 Å². The van der Waals surface area contributed by atoms with E-state index in [4.69, 9.17) is 27.9 Å². The van der Waals surface area contributed by atoms with E-state index in [0.29, 0.717) is 15.8 Å². The van der Waals surface area contributed by atoms with E-state index in [9.17, 15) is 13.2 Å². The number of nitrogens with one attached hydrogen (secondary N) is 1. The van der Waals surface area contributed by atoms with Crippen molar-refractivity contribution in [2.75, 3.05) is 18.0 Å². The summed E-state index contributed by atoms with van der Waals surface area (Å²) in [4.78, 5) is 13.0. The van der Waals surface area contributed by atoms with Crippen molar-refractivity contribution >= 4 is 51.0 Å². The third kappa shape index (κ3) is 6.44. The Morgan fingerprint density at radius 1 is 1.00 bits per heavy atom. The van der Waals surface area contributed by atoms with Gasteiger partial charge in [-0.05, 0) is 62.4 Å². The van der Waals surface area contributed by atoms with Crippen molar-refractivity contribution in [1.82, 2.24) is 9.99 Å². The molecular weight excluding hydrogens is 559 g/mol. The average Bonchev–Trinajstić information content (AvgIpc) is 3.19. The van der Waals surface area contributed by atoms with Gasteiger partial charge in [0.25, 0.3) is 15.9 Å². The number of anilines is 1. The minimum Gasteiger partial charge on any atom is -0.497 e. The third-order valence-corrected chi connectivity index (χ3v) is 8.15. The highest BCUT2D eigenvalue weighted by Gasteiger charge is 2.27.